The van der Waals surface area contributed by atoms with Crippen LogP contribution in [0.25, 0.3) is 11.3 Å². The number of nitrogens with zero attached hydrogens (tertiary/aromatic N) is 4. The summed E-state index contributed by atoms with van der Waals surface area (Å²) in [7, 11) is 0. The first-order valence-corrected chi connectivity index (χ1v) is 8.08. The highest BCUT2D eigenvalue weighted by molar-refractivity contribution is 5.93. The summed E-state index contributed by atoms with van der Waals surface area (Å²) in [5, 5.41) is 14.1. The van der Waals surface area contributed by atoms with Crippen molar-refractivity contribution >= 4 is 5.91 Å². The molecular formula is C17H18N6O2. The fraction of sp³-hybridized carbons (Fsp3) is 0.294. The Morgan fingerprint density at radius 3 is 3.04 bits per heavy atom. The number of hydrogen-bond donors (Lipinski definition) is 2. The van der Waals surface area contributed by atoms with Gasteiger partial charge < -0.3 is 9.64 Å². The number of H-pyrrole nitrogens is 2. The Labute approximate surface area is 144 Å². The van der Waals surface area contributed by atoms with Crippen LogP contribution in [0.15, 0.2) is 36.8 Å². The maximum Gasteiger partial charge on any atom is 0.272 e. The third kappa shape index (κ3) is 2.91. The van der Waals surface area contributed by atoms with Crippen LogP contribution in [-0.4, -0.2) is 55.9 Å². The molecule has 0 aliphatic carbocycles. The Morgan fingerprint density at radius 1 is 1.36 bits per heavy atom. The predicted octanol–water partition coefficient (Wildman–Crippen LogP) is 1.72. The second kappa shape index (κ2) is 6.48. The van der Waals surface area contributed by atoms with E-state index >= 15 is 0 Å². The van der Waals surface area contributed by atoms with Crippen LogP contribution in [0.4, 0.5) is 0 Å². The highest BCUT2D eigenvalue weighted by atomic mass is 16.5. The van der Waals surface area contributed by atoms with Crippen molar-refractivity contribution in [1.82, 2.24) is 30.3 Å². The molecule has 128 valence electrons. The molecule has 0 saturated carbocycles. The zero-order chi connectivity index (χ0) is 17.2. The quantitative estimate of drug-likeness (QED) is 0.757. The van der Waals surface area contributed by atoms with Gasteiger partial charge in [0.05, 0.1) is 36.8 Å². The molecule has 2 N–H and O–H groups in total. The van der Waals surface area contributed by atoms with Crippen LogP contribution in [-0.2, 0) is 4.74 Å². The van der Waals surface area contributed by atoms with Crippen molar-refractivity contribution < 1.29 is 9.53 Å². The average Bonchev–Trinajstić information content (AvgIpc) is 3.31. The van der Waals surface area contributed by atoms with Gasteiger partial charge in [-0.15, -0.1) is 0 Å². The number of aryl methyl sites for hydroxylation is 1. The Bertz CT molecular complexity index is 872. The number of hydrogen-bond acceptors (Lipinski definition) is 5. The summed E-state index contributed by atoms with van der Waals surface area (Å²) < 4.78 is 5.58. The average molecular weight is 338 g/mol. The zero-order valence-electron chi connectivity index (χ0n) is 13.8. The number of aromatic amines is 2. The number of nitrogens with one attached hydrogen (secondary N) is 2. The lowest BCUT2D eigenvalue weighted by Gasteiger charge is -2.35. The molecular weight excluding hydrogens is 320 g/mol. The van der Waals surface area contributed by atoms with Crippen molar-refractivity contribution in [2.45, 2.75) is 13.0 Å². The van der Waals surface area contributed by atoms with Gasteiger partial charge in [0.2, 0.25) is 0 Å². The summed E-state index contributed by atoms with van der Waals surface area (Å²) >= 11 is 0. The summed E-state index contributed by atoms with van der Waals surface area (Å²) in [6.45, 7) is 3.44. The van der Waals surface area contributed by atoms with Crippen LogP contribution in [0.3, 0.4) is 0 Å². The SMILES string of the molecule is Cc1cn[nH]c1[C@@H]1COCCN1C(=O)c1cc(-c2cccnc2)n[nH]1. The Balaban J connectivity index is 1.61. The summed E-state index contributed by atoms with van der Waals surface area (Å²) in [5.74, 6) is -0.107. The molecule has 1 amide bonds. The summed E-state index contributed by atoms with van der Waals surface area (Å²) in [5.41, 5.74) is 3.91. The van der Waals surface area contributed by atoms with Crippen molar-refractivity contribution in [2.75, 3.05) is 19.8 Å². The molecule has 0 bridgehead atoms. The minimum absolute atomic E-state index is 0.107. The van der Waals surface area contributed by atoms with Crippen LogP contribution in [0.1, 0.15) is 27.8 Å². The number of pyridine rings is 1. The van der Waals surface area contributed by atoms with E-state index in [0.29, 0.717) is 31.1 Å². The first-order chi connectivity index (χ1) is 12.2. The van der Waals surface area contributed by atoms with Crippen LogP contribution < -0.4 is 0 Å². The molecule has 0 spiro atoms. The van der Waals surface area contributed by atoms with E-state index in [-0.39, 0.29) is 11.9 Å². The van der Waals surface area contributed by atoms with Gasteiger partial charge in [0.25, 0.3) is 5.91 Å². The van der Waals surface area contributed by atoms with Gasteiger partial charge in [-0.1, -0.05) is 0 Å². The number of aromatic nitrogens is 5. The number of amides is 1. The Hall–Kier alpha value is -3.00. The van der Waals surface area contributed by atoms with Gasteiger partial charge >= 0.3 is 0 Å². The number of ether oxygens (including phenoxy) is 1. The molecule has 0 unspecified atom stereocenters. The molecule has 0 aromatic carbocycles. The lowest BCUT2D eigenvalue weighted by Crippen LogP contribution is -2.44. The molecule has 1 aliphatic rings. The largest absolute Gasteiger partial charge is 0.377 e. The first-order valence-electron chi connectivity index (χ1n) is 8.08. The minimum Gasteiger partial charge on any atom is -0.377 e. The van der Waals surface area contributed by atoms with Gasteiger partial charge in [-0.2, -0.15) is 10.2 Å². The van der Waals surface area contributed by atoms with Gasteiger partial charge in [-0.25, -0.2) is 0 Å². The molecule has 4 heterocycles. The van der Waals surface area contributed by atoms with E-state index in [1.165, 1.54) is 0 Å². The van der Waals surface area contributed by atoms with Crippen LogP contribution in [0, 0.1) is 6.92 Å². The molecule has 3 aromatic heterocycles. The monoisotopic (exact) mass is 338 g/mol. The zero-order valence-corrected chi connectivity index (χ0v) is 13.8. The van der Waals surface area contributed by atoms with E-state index in [1.807, 2.05) is 19.1 Å². The maximum absolute atomic E-state index is 13.0. The first kappa shape index (κ1) is 15.5. The minimum atomic E-state index is -0.186. The van der Waals surface area contributed by atoms with Crippen LogP contribution in [0.5, 0.6) is 0 Å². The van der Waals surface area contributed by atoms with E-state index in [1.54, 1.807) is 29.6 Å². The molecule has 1 saturated heterocycles. The van der Waals surface area contributed by atoms with E-state index in [4.69, 9.17) is 4.74 Å². The van der Waals surface area contributed by atoms with Crippen molar-refractivity contribution in [3.05, 3.63) is 53.7 Å². The van der Waals surface area contributed by atoms with Crippen LogP contribution >= 0.6 is 0 Å². The van der Waals surface area contributed by atoms with Crippen molar-refractivity contribution in [3.8, 4) is 11.3 Å². The third-order valence-corrected chi connectivity index (χ3v) is 4.36. The van der Waals surface area contributed by atoms with Gasteiger partial charge in [-0.3, -0.25) is 20.0 Å². The van der Waals surface area contributed by atoms with Crippen LogP contribution in [0.2, 0.25) is 0 Å². The lowest BCUT2D eigenvalue weighted by atomic mass is 10.1. The molecule has 0 radical (unpaired) electrons. The standard InChI is InChI=1S/C17H18N6O2/c1-11-8-19-22-16(11)15-10-25-6-5-23(15)17(24)14-7-13(20-21-14)12-3-2-4-18-9-12/h2-4,7-9,15H,5-6,10H2,1H3,(H,19,22)(H,20,21)/t15-/m0/s1. The number of carbonyl (C=O) groups excluding carboxylic acids is 1. The molecule has 8 heteroatoms. The lowest BCUT2D eigenvalue weighted by molar-refractivity contribution is -0.00438. The van der Waals surface area contributed by atoms with Crippen molar-refractivity contribution in [2.24, 2.45) is 0 Å². The molecule has 1 fully saturated rings. The van der Waals surface area contributed by atoms with Gasteiger partial charge in [0, 0.05) is 24.5 Å². The van der Waals surface area contributed by atoms with Gasteiger partial charge in [0.15, 0.2) is 0 Å². The number of carbonyl (C=O) groups is 1. The fourth-order valence-corrected chi connectivity index (χ4v) is 3.03. The van der Waals surface area contributed by atoms with Crippen molar-refractivity contribution in [1.29, 1.82) is 0 Å². The molecule has 1 aliphatic heterocycles. The molecule has 8 nitrogen and oxygen atoms in total. The number of rotatable bonds is 3. The summed E-state index contributed by atoms with van der Waals surface area (Å²) in [6.07, 6.45) is 5.17. The normalized spacial score (nSPS) is 17.6. The van der Waals surface area contributed by atoms with E-state index < -0.39 is 0 Å². The van der Waals surface area contributed by atoms with Crippen molar-refractivity contribution in [3.63, 3.8) is 0 Å². The Kier molecular flexibility index (Phi) is 4.02. The highest BCUT2D eigenvalue weighted by Gasteiger charge is 2.32. The molecule has 1 atom stereocenters. The number of morpholine rings is 1. The second-order valence-corrected chi connectivity index (χ2v) is 5.96. The van der Waals surface area contributed by atoms with E-state index in [0.717, 1.165) is 16.8 Å². The Morgan fingerprint density at radius 2 is 2.28 bits per heavy atom. The van der Waals surface area contributed by atoms with Gasteiger partial charge in [0.1, 0.15) is 5.69 Å². The predicted molar refractivity (Wildman–Crippen MR) is 89.7 cm³/mol. The second-order valence-electron chi connectivity index (χ2n) is 5.96. The smallest absolute Gasteiger partial charge is 0.272 e. The van der Waals surface area contributed by atoms with E-state index in [2.05, 4.69) is 25.4 Å². The highest BCUT2D eigenvalue weighted by Crippen LogP contribution is 2.27. The molecule has 3 aromatic rings. The maximum atomic E-state index is 13.0. The fourth-order valence-electron chi connectivity index (χ4n) is 3.03. The summed E-state index contributed by atoms with van der Waals surface area (Å²) in [4.78, 5) is 18.9. The van der Waals surface area contributed by atoms with E-state index in [9.17, 15) is 4.79 Å². The topological polar surface area (TPSA) is 99.8 Å². The summed E-state index contributed by atoms with van der Waals surface area (Å²) in [6, 6.07) is 5.31. The molecule has 4 rings (SSSR count). The van der Waals surface area contributed by atoms with Gasteiger partial charge in [-0.05, 0) is 30.7 Å². The third-order valence-electron chi connectivity index (χ3n) is 4.36. The molecule has 25 heavy (non-hydrogen) atoms.